The molecule has 1 fully saturated rings. The van der Waals surface area contributed by atoms with Crippen LogP contribution in [0.1, 0.15) is 35.0 Å². The number of rotatable bonds is 7. The van der Waals surface area contributed by atoms with E-state index in [0.29, 0.717) is 18.7 Å². The molecule has 0 radical (unpaired) electrons. The molecule has 1 amide bonds. The van der Waals surface area contributed by atoms with Gasteiger partial charge in [0.15, 0.2) is 0 Å². The van der Waals surface area contributed by atoms with Crippen molar-refractivity contribution >= 4 is 27.3 Å². The van der Waals surface area contributed by atoms with E-state index >= 15 is 0 Å². The van der Waals surface area contributed by atoms with Crippen molar-refractivity contribution in [2.45, 2.75) is 37.2 Å². The molecule has 3 rings (SSSR count). The average molecular weight is 364 g/mol. The van der Waals surface area contributed by atoms with Crippen LogP contribution in [0, 0.1) is 0 Å². The highest BCUT2D eigenvalue weighted by molar-refractivity contribution is 7.89. The van der Waals surface area contributed by atoms with Gasteiger partial charge in [0.05, 0.1) is 11.4 Å². The van der Waals surface area contributed by atoms with Crippen LogP contribution >= 0.6 is 11.3 Å². The molecule has 0 bridgehead atoms. The lowest BCUT2D eigenvalue weighted by atomic mass is 10.2. The van der Waals surface area contributed by atoms with E-state index in [0.717, 1.165) is 17.7 Å². The van der Waals surface area contributed by atoms with Gasteiger partial charge in [0, 0.05) is 23.0 Å². The lowest BCUT2D eigenvalue weighted by Crippen LogP contribution is -2.30. The molecule has 128 valence electrons. The third-order valence-electron chi connectivity index (χ3n) is 3.89. The molecule has 1 heterocycles. The number of sulfonamides is 1. The van der Waals surface area contributed by atoms with Gasteiger partial charge in [-0.05, 0) is 49.4 Å². The van der Waals surface area contributed by atoms with Crippen molar-refractivity contribution in [1.29, 1.82) is 0 Å². The van der Waals surface area contributed by atoms with Crippen molar-refractivity contribution < 1.29 is 13.2 Å². The van der Waals surface area contributed by atoms with Crippen LogP contribution in [0.5, 0.6) is 0 Å². The van der Waals surface area contributed by atoms with Gasteiger partial charge in [0.25, 0.3) is 5.91 Å². The number of thiophene rings is 1. The Morgan fingerprint density at radius 2 is 2.08 bits per heavy atom. The summed E-state index contributed by atoms with van der Waals surface area (Å²) in [7, 11) is -3.55. The van der Waals surface area contributed by atoms with E-state index in [9.17, 15) is 13.2 Å². The number of carbonyl (C=O) groups is 1. The summed E-state index contributed by atoms with van der Waals surface area (Å²) < 4.78 is 27.3. The molecule has 1 aromatic carbocycles. The number of nitrogens with zero attached hydrogens (tertiary/aromatic N) is 1. The third-order valence-corrected chi connectivity index (χ3v) is 6.27. The Balaban J connectivity index is 1.80. The Morgan fingerprint density at radius 1 is 1.29 bits per heavy atom. The van der Waals surface area contributed by atoms with Crippen LogP contribution < -0.4 is 4.72 Å². The summed E-state index contributed by atoms with van der Waals surface area (Å²) in [6.07, 6.45) is 1.75. The van der Waals surface area contributed by atoms with Crippen LogP contribution in [-0.4, -0.2) is 31.8 Å². The Hall–Kier alpha value is -1.70. The third kappa shape index (κ3) is 4.03. The molecule has 0 saturated heterocycles. The molecule has 1 saturated carbocycles. The van der Waals surface area contributed by atoms with Crippen LogP contribution in [-0.2, 0) is 16.6 Å². The van der Waals surface area contributed by atoms with Gasteiger partial charge in [0.1, 0.15) is 0 Å². The van der Waals surface area contributed by atoms with Crippen LogP contribution in [0.3, 0.4) is 0 Å². The predicted molar refractivity (Wildman–Crippen MR) is 94.5 cm³/mol. The quantitative estimate of drug-likeness (QED) is 0.821. The van der Waals surface area contributed by atoms with Crippen molar-refractivity contribution in [1.82, 2.24) is 9.62 Å². The van der Waals surface area contributed by atoms with Gasteiger partial charge in [0.2, 0.25) is 10.0 Å². The topological polar surface area (TPSA) is 66.5 Å². The molecule has 0 atom stereocenters. The maximum absolute atomic E-state index is 12.7. The van der Waals surface area contributed by atoms with Crippen molar-refractivity contribution in [2.24, 2.45) is 0 Å². The van der Waals surface area contributed by atoms with E-state index in [1.54, 1.807) is 28.4 Å². The Morgan fingerprint density at radius 3 is 2.71 bits per heavy atom. The lowest BCUT2D eigenvalue weighted by molar-refractivity contribution is 0.0754. The highest BCUT2D eigenvalue weighted by Gasteiger charge is 2.28. The molecule has 0 aliphatic heterocycles. The number of hydrogen-bond donors (Lipinski definition) is 1. The second-order valence-corrected chi connectivity index (χ2v) is 8.57. The van der Waals surface area contributed by atoms with Crippen LogP contribution in [0.25, 0.3) is 0 Å². The van der Waals surface area contributed by atoms with Gasteiger partial charge in [-0.15, -0.1) is 11.3 Å². The van der Waals surface area contributed by atoms with Crippen LogP contribution in [0.2, 0.25) is 0 Å². The molecule has 2 aromatic rings. The molecule has 0 unspecified atom stereocenters. The van der Waals surface area contributed by atoms with Gasteiger partial charge in [-0.2, -0.15) is 0 Å². The summed E-state index contributed by atoms with van der Waals surface area (Å²) in [5, 5.41) is 1.98. The first-order valence-electron chi connectivity index (χ1n) is 7.93. The number of amides is 1. The fraction of sp³-hybridized carbons (Fsp3) is 0.353. The second kappa shape index (κ2) is 7.04. The number of nitrogens with one attached hydrogen (secondary N) is 1. The van der Waals surface area contributed by atoms with E-state index < -0.39 is 10.0 Å². The summed E-state index contributed by atoms with van der Waals surface area (Å²) in [5.41, 5.74) is 0.395. The van der Waals surface area contributed by atoms with Gasteiger partial charge >= 0.3 is 0 Å². The predicted octanol–water partition coefficient (Wildman–Crippen LogP) is 2.85. The molecule has 1 aliphatic rings. The average Bonchev–Trinajstić information content (AvgIpc) is 3.23. The molecule has 7 heteroatoms. The van der Waals surface area contributed by atoms with Crippen molar-refractivity contribution in [2.75, 3.05) is 6.54 Å². The molecule has 1 N–H and O–H groups in total. The zero-order valence-corrected chi connectivity index (χ0v) is 15.1. The van der Waals surface area contributed by atoms with E-state index in [-0.39, 0.29) is 16.8 Å². The second-order valence-electron chi connectivity index (χ2n) is 5.82. The molecule has 24 heavy (non-hydrogen) atoms. The van der Waals surface area contributed by atoms with Crippen molar-refractivity contribution in [3.8, 4) is 0 Å². The smallest absolute Gasteiger partial charge is 0.254 e. The SMILES string of the molecule is CCN(Cc1cccs1)C(=O)c1cccc(S(=O)(=O)NC2CC2)c1. The molecular formula is C17H20N2O3S2. The normalized spacial score (nSPS) is 14.5. The van der Waals surface area contributed by atoms with Gasteiger partial charge < -0.3 is 4.90 Å². The van der Waals surface area contributed by atoms with Crippen LogP contribution in [0.4, 0.5) is 0 Å². The van der Waals surface area contributed by atoms with E-state index in [4.69, 9.17) is 0 Å². The van der Waals surface area contributed by atoms with Crippen LogP contribution in [0.15, 0.2) is 46.7 Å². The monoisotopic (exact) mass is 364 g/mol. The minimum absolute atomic E-state index is 0.0420. The zero-order valence-electron chi connectivity index (χ0n) is 13.4. The lowest BCUT2D eigenvalue weighted by Gasteiger charge is -2.20. The first kappa shape index (κ1) is 17.1. The first-order chi connectivity index (χ1) is 11.5. The number of hydrogen-bond acceptors (Lipinski definition) is 4. The standard InChI is InChI=1S/C17H20N2O3S2/c1-2-19(12-15-6-4-10-23-15)17(20)13-5-3-7-16(11-13)24(21,22)18-14-8-9-14/h3-7,10-11,14,18H,2,8-9,12H2,1H3. The molecule has 1 aliphatic carbocycles. The molecular weight excluding hydrogens is 344 g/mol. The number of carbonyl (C=O) groups excluding carboxylic acids is 1. The van der Waals surface area contributed by atoms with Gasteiger partial charge in [-0.25, -0.2) is 13.1 Å². The first-order valence-corrected chi connectivity index (χ1v) is 10.3. The highest BCUT2D eigenvalue weighted by Crippen LogP contribution is 2.23. The summed E-state index contributed by atoms with van der Waals surface area (Å²) in [6.45, 7) is 3.01. The Labute approximate surface area is 146 Å². The maximum Gasteiger partial charge on any atom is 0.254 e. The largest absolute Gasteiger partial charge is 0.334 e. The Bertz CT molecular complexity index is 812. The molecule has 5 nitrogen and oxygen atoms in total. The fourth-order valence-electron chi connectivity index (χ4n) is 2.39. The minimum atomic E-state index is -3.55. The molecule has 0 spiro atoms. The minimum Gasteiger partial charge on any atom is -0.334 e. The summed E-state index contributed by atoms with van der Waals surface area (Å²) >= 11 is 1.60. The highest BCUT2D eigenvalue weighted by atomic mass is 32.2. The zero-order chi connectivity index (χ0) is 17.2. The van der Waals surface area contributed by atoms with Crippen molar-refractivity contribution in [3.63, 3.8) is 0 Å². The number of benzene rings is 1. The van der Waals surface area contributed by atoms with Crippen molar-refractivity contribution in [3.05, 3.63) is 52.2 Å². The summed E-state index contributed by atoms with van der Waals surface area (Å²) in [5.74, 6) is -0.158. The van der Waals surface area contributed by atoms with Gasteiger partial charge in [-0.3, -0.25) is 4.79 Å². The van der Waals surface area contributed by atoms with E-state index in [2.05, 4.69) is 4.72 Å². The summed E-state index contributed by atoms with van der Waals surface area (Å²) in [6, 6.07) is 10.3. The molecule has 1 aromatic heterocycles. The Kier molecular flexibility index (Phi) is 5.03. The maximum atomic E-state index is 12.7. The van der Waals surface area contributed by atoms with E-state index in [1.807, 2.05) is 24.4 Å². The fourth-order valence-corrected chi connectivity index (χ4v) is 4.46. The van der Waals surface area contributed by atoms with E-state index in [1.165, 1.54) is 12.1 Å². The van der Waals surface area contributed by atoms with Gasteiger partial charge in [-0.1, -0.05) is 12.1 Å². The summed E-state index contributed by atoms with van der Waals surface area (Å²) in [4.78, 5) is 15.7.